The molecule has 0 aliphatic carbocycles. The molecular formula is C12H23N3O4. The molecule has 1 atom stereocenters. The Morgan fingerprint density at radius 1 is 1.11 bits per heavy atom. The molecule has 0 aromatic heterocycles. The molecule has 0 rings (SSSR count). The molecule has 0 aliphatic rings. The highest BCUT2D eigenvalue weighted by Crippen LogP contribution is 1.89. The quantitative estimate of drug-likeness (QED) is 0.569. The van der Waals surface area contributed by atoms with E-state index in [1.54, 1.807) is 13.8 Å². The number of carbonyl (C=O) groups is 3. The second-order valence-corrected chi connectivity index (χ2v) is 4.49. The normalized spacial score (nSPS) is 11.6. The van der Waals surface area contributed by atoms with Crippen LogP contribution in [0.2, 0.25) is 0 Å². The Balaban J connectivity index is 3.91. The molecule has 3 N–H and O–H groups in total. The van der Waals surface area contributed by atoms with Gasteiger partial charge in [0.1, 0.15) is 12.6 Å². The van der Waals surface area contributed by atoms with E-state index in [-0.39, 0.29) is 19.1 Å². The van der Waals surface area contributed by atoms with Gasteiger partial charge in [-0.1, -0.05) is 13.8 Å². The first kappa shape index (κ1) is 17.2. The summed E-state index contributed by atoms with van der Waals surface area (Å²) in [5.74, 6) is -0.441. The van der Waals surface area contributed by atoms with Gasteiger partial charge in [0.05, 0.1) is 6.61 Å². The van der Waals surface area contributed by atoms with Gasteiger partial charge in [-0.15, -0.1) is 0 Å². The summed E-state index contributed by atoms with van der Waals surface area (Å²) in [6.07, 6.45) is 0. The Hall–Kier alpha value is -1.79. The lowest BCUT2D eigenvalue weighted by Crippen LogP contribution is -2.49. The van der Waals surface area contributed by atoms with Crippen molar-refractivity contribution < 1.29 is 19.1 Å². The molecule has 3 amide bonds. The topological polar surface area (TPSA) is 96.5 Å². The first-order valence-corrected chi connectivity index (χ1v) is 6.34. The smallest absolute Gasteiger partial charge is 0.325 e. The predicted molar refractivity (Wildman–Crippen MR) is 70.5 cm³/mol. The minimum absolute atomic E-state index is 0.222. The van der Waals surface area contributed by atoms with Gasteiger partial charge in [-0.25, -0.2) is 4.79 Å². The van der Waals surface area contributed by atoms with E-state index in [4.69, 9.17) is 0 Å². The van der Waals surface area contributed by atoms with Gasteiger partial charge in [0.2, 0.25) is 5.91 Å². The van der Waals surface area contributed by atoms with Crippen LogP contribution in [0.3, 0.4) is 0 Å². The van der Waals surface area contributed by atoms with Gasteiger partial charge < -0.3 is 20.7 Å². The summed E-state index contributed by atoms with van der Waals surface area (Å²) in [6.45, 7) is 7.79. The molecular weight excluding hydrogens is 250 g/mol. The lowest BCUT2D eigenvalue weighted by Gasteiger charge is -2.15. The third kappa shape index (κ3) is 8.87. The van der Waals surface area contributed by atoms with E-state index in [1.807, 2.05) is 13.8 Å². The highest BCUT2D eigenvalue weighted by atomic mass is 16.5. The maximum atomic E-state index is 11.6. The molecule has 0 bridgehead atoms. The van der Waals surface area contributed by atoms with Crippen molar-refractivity contribution in [3.8, 4) is 0 Å². The van der Waals surface area contributed by atoms with Gasteiger partial charge in [0, 0.05) is 6.54 Å². The molecule has 7 nitrogen and oxygen atoms in total. The first-order valence-electron chi connectivity index (χ1n) is 6.34. The first-order chi connectivity index (χ1) is 8.86. The second kappa shape index (κ2) is 9.18. The number of nitrogens with one attached hydrogen (secondary N) is 3. The molecule has 0 aliphatic heterocycles. The summed E-state index contributed by atoms with van der Waals surface area (Å²) in [4.78, 5) is 34.0. The summed E-state index contributed by atoms with van der Waals surface area (Å²) in [7, 11) is 0. The predicted octanol–water partition coefficient (Wildman–Crippen LogP) is 0.00940. The number of esters is 1. The van der Waals surface area contributed by atoms with E-state index in [0.717, 1.165) is 0 Å². The van der Waals surface area contributed by atoms with Crippen LogP contribution < -0.4 is 16.0 Å². The Labute approximate surface area is 113 Å². The molecule has 0 saturated heterocycles. The van der Waals surface area contributed by atoms with Gasteiger partial charge in [-0.05, 0) is 19.8 Å². The Morgan fingerprint density at radius 2 is 1.74 bits per heavy atom. The van der Waals surface area contributed by atoms with Crippen molar-refractivity contribution in [3.63, 3.8) is 0 Å². The van der Waals surface area contributed by atoms with E-state index in [2.05, 4.69) is 20.7 Å². The molecule has 0 spiro atoms. The highest BCUT2D eigenvalue weighted by Gasteiger charge is 2.15. The molecule has 0 heterocycles. The van der Waals surface area contributed by atoms with Crippen LogP contribution in [0.25, 0.3) is 0 Å². The maximum Gasteiger partial charge on any atom is 0.325 e. The average Bonchev–Trinajstić information content (AvgIpc) is 2.33. The standard InChI is InChI=1S/C12H23N3O4/c1-5-19-10(16)7-14-12(18)15-9(4)11(17)13-6-8(2)3/h8-9H,5-7H2,1-4H3,(H,13,17)(H2,14,15,18). The van der Waals surface area contributed by atoms with E-state index < -0.39 is 18.0 Å². The summed E-state index contributed by atoms with van der Waals surface area (Å²) in [5.41, 5.74) is 0. The van der Waals surface area contributed by atoms with Crippen molar-refractivity contribution in [1.29, 1.82) is 0 Å². The summed E-state index contributed by atoms with van der Waals surface area (Å²) < 4.78 is 4.65. The number of carbonyl (C=O) groups excluding carboxylic acids is 3. The van der Waals surface area contributed by atoms with Gasteiger partial charge in [-0.3, -0.25) is 9.59 Å². The number of amides is 3. The zero-order valence-corrected chi connectivity index (χ0v) is 11.9. The molecule has 7 heteroatoms. The lowest BCUT2D eigenvalue weighted by atomic mass is 10.2. The van der Waals surface area contributed by atoms with Crippen LogP contribution in [0.15, 0.2) is 0 Å². The largest absolute Gasteiger partial charge is 0.465 e. The third-order valence-electron chi connectivity index (χ3n) is 2.12. The van der Waals surface area contributed by atoms with Crippen LogP contribution in [0.5, 0.6) is 0 Å². The Morgan fingerprint density at radius 3 is 2.26 bits per heavy atom. The molecule has 19 heavy (non-hydrogen) atoms. The number of hydrogen-bond acceptors (Lipinski definition) is 4. The van der Waals surface area contributed by atoms with Crippen molar-refractivity contribution in [3.05, 3.63) is 0 Å². The molecule has 1 unspecified atom stereocenters. The highest BCUT2D eigenvalue weighted by molar-refractivity contribution is 5.87. The molecule has 0 fully saturated rings. The van der Waals surface area contributed by atoms with E-state index in [1.165, 1.54) is 0 Å². The van der Waals surface area contributed by atoms with Crippen molar-refractivity contribution in [1.82, 2.24) is 16.0 Å². The molecule has 0 radical (unpaired) electrons. The van der Waals surface area contributed by atoms with Gasteiger partial charge in [0.15, 0.2) is 0 Å². The van der Waals surface area contributed by atoms with Crippen molar-refractivity contribution in [2.45, 2.75) is 33.7 Å². The monoisotopic (exact) mass is 273 g/mol. The maximum absolute atomic E-state index is 11.6. The molecule has 0 aromatic rings. The van der Waals surface area contributed by atoms with Crippen LogP contribution in [-0.2, 0) is 14.3 Å². The van der Waals surface area contributed by atoms with E-state index >= 15 is 0 Å². The zero-order chi connectivity index (χ0) is 14.8. The van der Waals surface area contributed by atoms with Crippen molar-refractivity contribution in [2.75, 3.05) is 19.7 Å². The van der Waals surface area contributed by atoms with Crippen molar-refractivity contribution >= 4 is 17.9 Å². The number of hydrogen-bond donors (Lipinski definition) is 3. The molecule has 0 saturated carbocycles. The number of rotatable bonds is 7. The minimum atomic E-state index is -0.666. The fourth-order valence-electron chi connectivity index (χ4n) is 1.14. The van der Waals surface area contributed by atoms with Crippen molar-refractivity contribution in [2.24, 2.45) is 5.92 Å². The van der Waals surface area contributed by atoms with Crippen LogP contribution in [0, 0.1) is 5.92 Å². The zero-order valence-electron chi connectivity index (χ0n) is 11.9. The number of urea groups is 1. The molecule has 110 valence electrons. The summed E-state index contributed by atoms with van der Waals surface area (Å²) in [5, 5.41) is 7.44. The van der Waals surface area contributed by atoms with Gasteiger partial charge in [-0.2, -0.15) is 0 Å². The van der Waals surface area contributed by atoms with Gasteiger partial charge >= 0.3 is 12.0 Å². The summed E-state index contributed by atoms with van der Waals surface area (Å²) >= 11 is 0. The molecule has 0 aromatic carbocycles. The fraction of sp³-hybridized carbons (Fsp3) is 0.750. The third-order valence-corrected chi connectivity index (χ3v) is 2.12. The van der Waals surface area contributed by atoms with Crippen LogP contribution in [0.1, 0.15) is 27.7 Å². The average molecular weight is 273 g/mol. The minimum Gasteiger partial charge on any atom is -0.465 e. The van der Waals surface area contributed by atoms with Crippen LogP contribution >= 0.6 is 0 Å². The second-order valence-electron chi connectivity index (χ2n) is 4.49. The Kier molecular flexibility index (Phi) is 8.32. The summed E-state index contributed by atoms with van der Waals surface area (Å²) in [6, 6.07) is -1.25. The SMILES string of the molecule is CCOC(=O)CNC(=O)NC(C)C(=O)NCC(C)C. The Bertz CT molecular complexity index is 318. The number of ether oxygens (including phenoxy) is 1. The van der Waals surface area contributed by atoms with E-state index in [9.17, 15) is 14.4 Å². The van der Waals surface area contributed by atoms with Gasteiger partial charge in [0.25, 0.3) is 0 Å². The van der Waals surface area contributed by atoms with E-state index in [0.29, 0.717) is 12.5 Å². The lowest BCUT2D eigenvalue weighted by molar-refractivity contribution is -0.141. The van der Waals surface area contributed by atoms with Crippen LogP contribution in [0.4, 0.5) is 4.79 Å². The fourth-order valence-corrected chi connectivity index (χ4v) is 1.14. The van der Waals surface area contributed by atoms with Crippen LogP contribution in [-0.4, -0.2) is 43.6 Å².